The number of nitro benzene ring substituents is 1. The summed E-state index contributed by atoms with van der Waals surface area (Å²) in [7, 11) is 0. The third-order valence-electron chi connectivity index (χ3n) is 3.73. The van der Waals surface area contributed by atoms with Crippen molar-refractivity contribution in [3.63, 3.8) is 0 Å². The van der Waals surface area contributed by atoms with Gasteiger partial charge in [0.15, 0.2) is 0 Å². The first kappa shape index (κ1) is 17.0. The van der Waals surface area contributed by atoms with Crippen molar-refractivity contribution in [3.05, 3.63) is 64.2 Å². The molecule has 2 amide bonds. The highest BCUT2D eigenvalue weighted by Crippen LogP contribution is 2.44. The number of anilines is 2. The zero-order valence-corrected chi connectivity index (χ0v) is 14.2. The van der Waals surface area contributed by atoms with E-state index in [1.807, 2.05) is 0 Å². The van der Waals surface area contributed by atoms with Crippen LogP contribution in [-0.2, 0) is 9.59 Å². The molecule has 0 aliphatic carbocycles. The summed E-state index contributed by atoms with van der Waals surface area (Å²) >= 11 is 1.36. The summed E-state index contributed by atoms with van der Waals surface area (Å²) in [5.41, 5.74) is 1.74. The van der Waals surface area contributed by atoms with E-state index in [1.165, 1.54) is 24.8 Å². The Bertz CT molecular complexity index is 838. The van der Waals surface area contributed by atoms with Gasteiger partial charge >= 0.3 is 0 Å². The zero-order chi connectivity index (χ0) is 18.0. The Labute approximate surface area is 148 Å². The highest BCUT2D eigenvalue weighted by Gasteiger charge is 2.37. The second kappa shape index (κ2) is 6.94. The lowest BCUT2D eigenvalue weighted by atomic mass is 10.1. The van der Waals surface area contributed by atoms with Gasteiger partial charge in [-0.2, -0.15) is 0 Å². The van der Waals surface area contributed by atoms with Crippen molar-refractivity contribution in [1.82, 2.24) is 0 Å². The lowest BCUT2D eigenvalue weighted by molar-refractivity contribution is -0.385. The summed E-state index contributed by atoms with van der Waals surface area (Å²) < 4.78 is 0. The number of para-hydroxylation sites is 1. The van der Waals surface area contributed by atoms with Crippen LogP contribution in [0.25, 0.3) is 0 Å². The van der Waals surface area contributed by atoms with E-state index < -0.39 is 10.3 Å². The van der Waals surface area contributed by atoms with Crippen LogP contribution in [0.3, 0.4) is 0 Å². The average molecular weight is 357 g/mol. The standard InChI is InChI=1S/C17H15N3O4S/c1-11(21)18-12-6-8-13(9-7-12)19-16(22)10-25-17(19)14-4-2-3-5-15(14)20(23)24/h2-9,17H,10H2,1H3,(H,18,21)/t17-/m0/s1. The van der Waals surface area contributed by atoms with Crippen molar-refractivity contribution in [2.45, 2.75) is 12.3 Å². The number of carbonyl (C=O) groups excluding carboxylic acids is 2. The van der Waals surface area contributed by atoms with Gasteiger partial charge in [-0.05, 0) is 30.3 Å². The molecule has 0 saturated carbocycles. The molecule has 1 saturated heterocycles. The van der Waals surface area contributed by atoms with E-state index in [0.29, 0.717) is 16.9 Å². The normalized spacial score (nSPS) is 16.8. The largest absolute Gasteiger partial charge is 0.326 e. The quantitative estimate of drug-likeness (QED) is 0.669. The Hall–Kier alpha value is -2.87. The fourth-order valence-electron chi connectivity index (χ4n) is 2.70. The summed E-state index contributed by atoms with van der Waals surface area (Å²) in [6.07, 6.45) is 0. The fraction of sp³-hybridized carbons (Fsp3) is 0.176. The van der Waals surface area contributed by atoms with Crippen LogP contribution in [0, 0.1) is 10.1 Å². The van der Waals surface area contributed by atoms with Crippen molar-refractivity contribution >= 4 is 40.6 Å². The molecule has 1 aliphatic rings. The maximum atomic E-state index is 12.4. The lowest BCUT2D eigenvalue weighted by Crippen LogP contribution is -2.28. The molecule has 2 aromatic carbocycles. The third-order valence-corrected chi connectivity index (χ3v) is 4.93. The minimum absolute atomic E-state index is 0.00503. The van der Waals surface area contributed by atoms with Crippen LogP contribution in [0.4, 0.5) is 17.1 Å². The van der Waals surface area contributed by atoms with Gasteiger partial charge < -0.3 is 5.32 Å². The molecule has 0 spiro atoms. The van der Waals surface area contributed by atoms with Gasteiger partial charge in [0.25, 0.3) is 5.69 Å². The molecule has 1 atom stereocenters. The number of hydrogen-bond donors (Lipinski definition) is 1. The van der Waals surface area contributed by atoms with Gasteiger partial charge in [-0.1, -0.05) is 12.1 Å². The molecular weight excluding hydrogens is 342 g/mol. The molecule has 1 N–H and O–H groups in total. The van der Waals surface area contributed by atoms with Gasteiger partial charge in [0.05, 0.1) is 16.2 Å². The molecule has 1 fully saturated rings. The number of amides is 2. The summed E-state index contributed by atoms with van der Waals surface area (Å²) in [6, 6.07) is 13.3. The van der Waals surface area contributed by atoms with Gasteiger partial charge in [0.1, 0.15) is 5.37 Å². The Morgan fingerprint density at radius 2 is 1.92 bits per heavy atom. The Balaban J connectivity index is 1.95. The topological polar surface area (TPSA) is 92.6 Å². The summed E-state index contributed by atoms with van der Waals surface area (Å²) in [6.45, 7) is 1.42. The number of thioether (sulfide) groups is 1. The van der Waals surface area contributed by atoms with Crippen LogP contribution in [0.1, 0.15) is 17.9 Å². The van der Waals surface area contributed by atoms with Crippen molar-refractivity contribution in [2.24, 2.45) is 0 Å². The SMILES string of the molecule is CC(=O)Nc1ccc(N2C(=O)CS[C@H]2c2ccccc2[N+](=O)[O-])cc1. The molecule has 0 aromatic heterocycles. The Kier molecular flexibility index (Phi) is 4.71. The molecule has 0 unspecified atom stereocenters. The predicted octanol–water partition coefficient (Wildman–Crippen LogP) is 3.33. The number of carbonyl (C=O) groups is 2. The molecule has 128 valence electrons. The van der Waals surface area contributed by atoms with Gasteiger partial charge in [0, 0.05) is 24.4 Å². The summed E-state index contributed by atoms with van der Waals surface area (Å²) in [5.74, 6) is -0.0387. The predicted molar refractivity (Wildman–Crippen MR) is 96.5 cm³/mol. The van der Waals surface area contributed by atoms with Crippen LogP contribution in [0.15, 0.2) is 48.5 Å². The van der Waals surface area contributed by atoms with Gasteiger partial charge in [0.2, 0.25) is 11.8 Å². The monoisotopic (exact) mass is 357 g/mol. The maximum absolute atomic E-state index is 12.4. The van der Waals surface area contributed by atoms with Crippen LogP contribution in [-0.4, -0.2) is 22.5 Å². The van der Waals surface area contributed by atoms with E-state index in [2.05, 4.69) is 5.32 Å². The maximum Gasteiger partial charge on any atom is 0.275 e. The first-order valence-electron chi connectivity index (χ1n) is 7.52. The third kappa shape index (κ3) is 3.48. The molecule has 1 aliphatic heterocycles. The highest BCUT2D eigenvalue weighted by molar-refractivity contribution is 8.00. The lowest BCUT2D eigenvalue weighted by Gasteiger charge is -2.24. The first-order chi connectivity index (χ1) is 12.0. The minimum atomic E-state index is -0.458. The van der Waals surface area contributed by atoms with Gasteiger partial charge in [-0.25, -0.2) is 0 Å². The summed E-state index contributed by atoms with van der Waals surface area (Å²) in [5, 5.41) is 13.5. The first-order valence-corrected chi connectivity index (χ1v) is 8.57. The van der Waals surface area contributed by atoms with E-state index in [0.717, 1.165) is 0 Å². The fourth-order valence-corrected chi connectivity index (χ4v) is 3.91. The molecule has 3 rings (SSSR count). The summed E-state index contributed by atoms with van der Waals surface area (Å²) in [4.78, 5) is 35.9. The number of nitro groups is 1. The van der Waals surface area contributed by atoms with Crippen molar-refractivity contribution in [1.29, 1.82) is 0 Å². The Morgan fingerprint density at radius 3 is 2.56 bits per heavy atom. The van der Waals surface area contributed by atoms with E-state index in [4.69, 9.17) is 0 Å². The molecular formula is C17H15N3O4S. The Morgan fingerprint density at radius 1 is 1.24 bits per heavy atom. The second-order valence-corrected chi connectivity index (χ2v) is 6.54. The molecule has 8 heteroatoms. The smallest absolute Gasteiger partial charge is 0.275 e. The second-order valence-electron chi connectivity index (χ2n) is 5.47. The number of nitrogens with zero attached hydrogens (tertiary/aromatic N) is 2. The molecule has 2 aromatic rings. The average Bonchev–Trinajstić information content (AvgIpc) is 2.96. The number of nitrogens with one attached hydrogen (secondary N) is 1. The molecule has 0 bridgehead atoms. The van der Waals surface area contributed by atoms with E-state index in [-0.39, 0.29) is 23.3 Å². The zero-order valence-electron chi connectivity index (χ0n) is 13.3. The van der Waals surface area contributed by atoms with E-state index in [9.17, 15) is 19.7 Å². The van der Waals surface area contributed by atoms with Crippen molar-refractivity contribution in [2.75, 3.05) is 16.0 Å². The number of rotatable bonds is 4. The van der Waals surface area contributed by atoms with Crippen LogP contribution in [0.2, 0.25) is 0 Å². The van der Waals surface area contributed by atoms with Crippen molar-refractivity contribution < 1.29 is 14.5 Å². The number of benzene rings is 2. The van der Waals surface area contributed by atoms with Gasteiger partial charge in [-0.3, -0.25) is 24.6 Å². The van der Waals surface area contributed by atoms with Gasteiger partial charge in [-0.15, -0.1) is 11.8 Å². The van der Waals surface area contributed by atoms with Crippen molar-refractivity contribution in [3.8, 4) is 0 Å². The molecule has 25 heavy (non-hydrogen) atoms. The molecule has 0 radical (unpaired) electrons. The van der Waals surface area contributed by atoms with Crippen LogP contribution in [0.5, 0.6) is 0 Å². The minimum Gasteiger partial charge on any atom is -0.326 e. The van der Waals surface area contributed by atoms with Crippen LogP contribution >= 0.6 is 11.8 Å². The highest BCUT2D eigenvalue weighted by atomic mass is 32.2. The molecule has 7 nitrogen and oxygen atoms in total. The van der Waals surface area contributed by atoms with Crippen LogP contribution < -0.4 is 10.2 Å². The van der Waals surface area contributed by atoms with E-state index in [1.54, 1.807) is 47.4 Å². The number of hydrogen-bond acceptors (Lipinski definition) is 5. The van der Waals surface area contributed by atoms with E-state index >= 15 is 0 Å². The molecule has 1 heterocycles.